The van der Waals surface area contributed by atoms with E-state index in [0.29, 0.717) is 35.3 Å². The lowest BCUT2D eigenvalue weighted by Gasteiger charge is -2.31. The quantitative estimate of drug-likeness (QED) is 0.740. The van der Waals surface area contributed by atoms with Crippen LogP contribution in [0.1, 0.15) is 11.1 Å². The molecule has 0 bridgehead atoms. The average molecular weight is 432 g/mol. The molecule has 1 N–H and O–H groups in total. The zero-order valence-corrected chi connectivity index (χ0v) is 17.7. The molecule has 0 radical (unpaired) electrons. The van der Waals surface area contributed by atoms with Crippen molar-refractivity contribution in [1.82, 2.24) is 5.32 Å². The number of benzene rings is 2. The Hall–Kier alpha value is -2.32. The van der Waals surface area contributed by atoms with Crippen molar-refractivity contribution >= 4 is 45.8 Å². The molecule has 1 amide bonds. The first kappa shape index (κ1) is 20.0. The summed E-state index contributed by atoms with van der Waals surface area (Å²) in [5.74, 6) is -0.334. The summed E-state index contributed by atoms with van der Waals surface area (Å²) in [6.45, 7) is 2.25. The number of anilines is 2. The first-order valence-corrected chi connectivity index (χ1v) is 11.1. The molecule has 2 aliphatic heterocycles. The van der Waals surface area contributed by atoms with Crippen LogP contribution in [0, 0.1) is 5.82 Å². The van der Waals surface area contributed by atoms with Gasteiger partial charge in [-0.1, -0.05) is 36.5 Å². The Morgan fingerprint density at radius 1 is 1.31 bits per heavy atom. The van der Waals surface area contributed by atoms with Gasteiger partial charge in [-0.2, -0.15) is 0 Å². The summed E-state index contributed by atoms with van der Waals surface area (Å²) in [5.41, 5.74) is 3.60. The molecule has 0 unspecified atom stereocenters. The number of carbonyl (C=O) groups is 1. The SMILES string of the molecule is CSC(=S)NC[C@H]1CN(c2ccc(N3CCc4ccccc4C3)c(F)c2)C(=O)O1. The first-order chi connectivity index (χ1) is 14.0. The number of nitrogens with zero attached hydrogens (tertiary/aromatic N) is 2. The Morgan fingerprint density at radius 2 is 2.10 bits per heavy atom. The minimum Gasteiger partial charge on any atom is -0.442 e. The number of amides is 1. The molecule has 152 valence electrons. The monoisotopic (exact) mass is 431 g/mol. The van der Waals surface area contributed by atoms with Crippen LogP contribution in [-0.4, -0.2) is 42.4 Å². The third-order valence-electron chi connectivity index (χ3n) is 5.25. The maximum Gasteiger partial charge on any atom is 0.414 e. The second-order valence-electron chi connectivity index (χ2n) is 7.06. The van der Waals surface area contributed by atoms with Crippen molar-refractivity contribution in [3.63, 3.8) is 0 Å². The van der Waals surface area contributed by atoms with Crippen molar-refractivity contribution in [2.45, 2.75) is 19.1 Å². The van der Waals surface area contributed by atoms with Crippen LogP contribution < -0.4 is 15.1 Å². The maximum atomic E-state index is 14.9. The number of halogens is 1. The van der Waals surface area contributed by atoms with Crippen LogP contribution in [0.5, 0.6) is 0 Å². The van der Waals surface area contributed by atoms with Crippen LogP contribution in [0.15, 0.2) is 42.5 Å². The molecular weight excluding hydrogens is 409 g/mol. The Morgan fingerprint density at radius 3 is 2.86 bits per heavy atom. The highest BCUT2D eigenvalue weighted by atomic mass is 32.2. The van der Waals surface area contributed by atoms with Crippen LogP contribution >= 0.6 is 24.0 Å². The standard InChI is InChI=1S/C21H22FN3O2S2/c1-29-20(28)23-11-17-13-25(21(26)27-17)16-6-7-19(18(22)10-16)24-9-8-14-4-2-3-5-15(14)12-24/h2-7,10,17H,8-9,11-13H2,1H3,(H,23,28)/t17-/m0/s1. The summed E-state index contributed by atoms with van der Waals surface area (Å²) in [4.78, 5) is 15.7. The highest BCUT2D eigenvalue weighted by Crippen LogP contribution is 2.31. The predicted molar refractivity (Wildman–Crippen MR) is 119 cm³/mol. The first-order valence-electron chi connectivity index (χ1n) is 9.46. The number of nitrogens with one attached hydrogen (secondary N) is 1. The van der Waals surface area contributed by atoms with E-state index in [-0.39, 0.29) is 11.9 Å². The molecule has 0 aromatic heterocycles. The van der Waals surface area contributed by atoms with E-state index in [4.69, 9.17) is 17.0 Å². The van der Waals surface area contributed by atoms with Gasteiger partial charge in [-0.25, -0.2) is 9.18 Å². The summed E-state index contributed by atoms with van der Waals surface area (Å²) in [5, 5.41) is 3.05. The van der Waals surface area contributed by atoms with Crippen LogP contribution in [0.4, 0.5) is 20.6 Å². The average Bonchev–Trinajstić information content (AvgIpc) is 3.12. The molecule has 0 spiro atoms. The van der Waals surface area contributed by atoms with Crippen molar-refractivity contribution in [2.24, 2.45) is 0 Å². The molecule has 1 fully saturated rings. The third-order valence-corrected chi connectivity index (χ3v) is 6.41. The third kappa shape index (κ3) is 4.33. The van der Waals surface area contributed by atoms with Gasteiger partial charge in [-0.3, -0.25) is 4.90 Å². The van der Waals surface area contributed by atoms with Gasteiger partial charge < -0.3 is 15.0 Å². The van der Waals surface area contributed by atoms with E-state index >= 15 is 0 Å². The summed E-state index contributed by atoms with van der Waals surface area (Å²) in [6.07, 6.45) is 1.98. The van der Waals surface area contributed by atoms with Crippen LogP contribution in [0.25, 0.3) is 0 Å². The van der Waals surface area contributed by atoms with E-state index in [1.54, 1.807) is 12.1 Å². The number of hydrogen-bond acceptors (Lipinski definition) is 5. The Balaban J connectivity index is 1.45. The number of ether oxygens (including phenoxy) is 1. The fourth-order valence-corrected chi connectivity index (χ4v) is 4.04. The maximum absolute atomic E-state index is 14.9. The van der Waals surface area contributed by atoms with Gasteiger partial charge in [-0.05, 0) is 42.0 Å². The van der Waals surface area contributed by atoms with Crippen molar-refractivity contribution in [3.8, 4) is 0 Å². The van der Waals surface area contributed by atoms with Gasteiger partial charge in [0.2, 0.25) is 0 Å². The molecule has 8 heteroatoms. The summed E-state index contributed by atoms with van der Waals surface area (Å²) >= 11 is 6.53. The van der Waals surface area contributed by atoms with Gasteiger partial charge in [0.25, 0.3) is 0 Å². The topological polar surface area (TPSA) is 44.8 Å². The van der Waals surface area contributed by atoms with Gasteiger partial charge in [0.15, 0.2) is 0 Å². The van der Waals surface area contributed by atoms with Crippen molar-refractivity contribution < 1.29 is 13.9 Å². The molecule has 1 atom stereocenters. The van der Waals surface area contributed by atoms with E-state index in [1.807, 2.05) is 23.3 Å². The Labute approximate surface area is 179 Å². The summed E-state index contributed by atoms with van der Waals surface area (Å²) in [6, 6.07) is 13.2. The van der Waals surface area contributed by atoms with Gasteiger partial charge in [0, 0.05) is 13.1 Å². The minimum absolute atomic E-state index is 0.325. The number of cyclic esters (lactones) is 1. The second-order valence-corrected chi connectivity index (χ2v) is 8.55. The molecule has 2 heterocycles. The smallest absolute Gasteiger partial charge is 0.414 e. The Kier molecular flexibility index (Phi) is 5.91. The lowest BCUT2D eigenvalue weighted by Crippen LogP contribution is -2.33. The van der Waals surface area contributed by atoms with E-state index in [1.165, 1.54) is 33.9 Å². The fourth-order valence-electron chi connectivity index (χ4n) is 3.73. The lowest BCUT2D eigenvalue weighted by atomic mass is 9.99. The van der Waals surface area contributed by atoms with Crippen molar-refractivity contribution in [1.29, 1.82) is 0 Å². The van der Waals surface area contributed by atoms with Gasteiger partial charge >= 0.3 is 6.09 Å². The van der Waals surface area contributed by atoms with Gasteiger partial charge in [0.1, 0.15) is 16.2 Å². The minimum atomic E-state index is -0.467. The molecule has 29 heavy (non-hydrogen) atoms. The number of rotatable bonds is 4. The molecule has 2 aromatic carbocycles. The Bertz CT molecular complexity index is 940. The van der Waals surface area contributed by atoms with Crippen LogP contribution in [0.3, 0.4) is 0 Å². The summed E-state index contributed by atoms with van der Waals surface area (Å²) < 4.78 is 21.0. The van der Waals surface area contributed by atoms with E-state index in [9.17, 15) is 9.18 Å². The zero-order chi connectivity index (χ0) is 20.4. The van der Waals surface area contributed by atoms with Gasteiger partial charge in [0.05, 0.1) is 24.5 Å². The molecular formula is C21H22FN3O2S2. The molecule has 2 aliphatic rings. The van der Waals surface area contributed by atoms with Gasteiger partial charge in [-0.15, -0.1) is 11.8 Å². The lowest BCUT2D eigenvalue weighted by molar-refractivity contribution is 0.143. The van der Waals surface area contributed by atoms with Crippen molar-refractivity contribution in [3.05, 3.63) is 59.4 Å². The molecule has 2 aromatic rings. The highest BCUT2D eigenvalue weighted by Gasteiger charge is 2.33. The summed E-state index contributed by atoms with van der Waals surface area (Å²) in [7, 11) is 0. The van der Waals surface area contributed by atoms with E-state index in [0.717, 1.165) is 13.0 Å². The number of thioether (sulfide) groups is 1. The highest BCUT2D eigenvalue weighted by molar-refractivity contribution is 8.22. The van der Waals surface area contributed by atoms with E-state index < -0.39 is 6.09 Å². The normalized spacial score (nSPS) is 18.4. The number of fused-ring (bicyclic) bond motifs is 1. The van der Waals surface area contributed by atoms with E-state index in [2.05, 4.69) is 17.4 Å². The van der Waals surface area contributed by atoms with Crippen LogP contribution in [-0.2, 0) is 17.7 Å². The predicted octanol–water partition coefficient (Wildman–Crippen LogP) is 3.95. The zero-order valence-electron chi connectivity index (χ0n) is 16.1. The molecule has 0 saturated carbocycles. The largest absolute Gasteiger partial charge is 0.442 e. The second kappa shape index (κ2) is 8.59. The number of hydrogen-bond donors (Lipinski definition) is 1. The number of carbonyl (C=O) groups excluding carboxylic acids is 1. The number of thiocarbonyl (C=S) groups is 1. The molecule has 0 aliphatic carbocycles. The molecule has 1 saturated heterocycles. The molecule has 4 rings (SSSR count). The van der Waals surface area contributed by atoms with Crippen molar-refractivity contribution in [2.75, 3.05) is 35.7 Å². The molecule has 5 nitrogen and oxygen atoms in total. The fraction of sp³-hybridized carbons (Fsp3) is 0.333. The van der Waals surface area contributed by atoms with Crippen LogP contribution in [0.2, 0.25) is 0 Å².